The average Bonchev–Trinajstić information content (AvgIpc) is 2.81. The summed E-state index contributed by atoms with van der Waals surface area (Å²) < 4.78 is 1.93. The van der Waals surface area contributed by atoms with E-state index in [1.807, 2.05) is 35.1 Å². The lowest BCUT2D eigenvalue weighted by Gasteiger charge is -2.02. The summed E-state index contributed by atoms with van der Waals surface area (Å²) in [5.41, 5.74) is 3.02. The molecule has 0 amide bonds. The van der Waals surface area contributed by atoms with Crippen LogP contribution in [0.3, 0.4) is 0 Å². The van der Waals surface area contributed by atoms with Gasteiger partial charge in [-0.15, -0.1) is 0 Å². The summed E-state index contributed by atoms with van der Waals surface area (Å²) in [7, 11) is 0. The van der Waals surface area contributed by atoms with Gasteiger partial charge < -0.3 is 0 Å². The number of pyridine rings is 1. The van der Waals surface area contributed by atoms with Gasteiger partial charge in [-0.25, -0.2) is 4.98 Å². The number of aryl methyl sites for hydroxylation is 1. The summed E-state index contributed by atoms with van der Waals surface area (Å²) in [5, 5.41) is 6.10. The molecule has 0 spiro atoms. The van der Waals surface area contributed by atoms with Crippen LogP contribution in [0, 0.1) is 0 Å². The predicted molar refractivity (Wildman–Crippen MR) is 73.6 cm³/mol. The molecule has 0 unspecified atom stereocenters. The summed E-state index contributed by atoms with van der Waals surface area (Å²) in [4.78, 5) is 4.10. The number of aromatic nitrogens is 3. The molecule has 90 valence electrons. The first kappa shape index (κ1) is 11.2. The third-order valence-corrected chi connectivity index (χ3v) is 3.25. The van der Waals surface area contributed by atoms with E-state index in [1.165, 1.54) is 0 Å². The number of fused-ring (bicyclic) bond motifs is 1. The fourth-order valence-electron chi connectivity index (χ4n) is 2.01. The van der Waals surface area contributed by atoms with Crippen LogP contribution in [0.5, 0.6) is 0 Å². The largest absolute Gasteiger partial charge is 0.272 e. The number of nitrogens with zero attached hydrogens (tertiary/aromatic N) is 3. The quantitative estimate of drug-likeness (QED) is 0.654. The molecule has 0 saturated carbocycles. The van der Waals surface area contributed by atoms with Gasteiger partial charge in [-0.2, -0.15) is 5.10 Å². The SMILES string of the molecule is CCn1cc2cc(-c3cccnc3Cl)ccc2n1. The zero-order chi connectivity index (χ0) is 12.5. The van der Waals surface area contributed by atoms with Crippen molar-refractivity contribution in [1.29, 1.82) is 0 Å². The molecule has 3 nitrogen and oxygen atoms in total. The van der Waals surface area contributed by atoms with Crippen molar-refractivity contribution in [2.45, 2.75) is 13.5 Å². The summed E-state index contributed by atoms with van der Waals surface area (Å²) in [6.45, 7) is 2.95. The van der Waals surface area contributed by atoms with Crippen molar-refractivity contribution in [2.24, 2.45) is 0 Å². The molecule has 0 saturated heterocycles. The van der Waals surface area contributed by atoms with Gasteiger partial charge in [-0.3, -0.25) is 4.68 Å². The van der Waals surface area contributed by atoms with E-state index in [9.17, 15) is 0 Å². The van der Waals surface area contributed by atoms with Crippen molar-refractivity contribution in [2.75, 3.05) is 0 Å². The molecule has 0 atom stereocenters. The Balaban J connectivity index is 2.16. The topological polar surface area (TPSA) is 30.7 Å². The Morgan fingerprint density at radius 1 is 1.28 bits per heavy atom. The lowest BCUT2D eigenvalue weighted by molar-refractivity contribution is 0.668. The summed E-state index contributed by atoms with van der Waals surface area (Å²) >= 11 is 6.11. The monoisotopic (exact) mass is 257 g/mol. The molecule has 0 aliphatic carbocycles. The Morgan fingerprint density at radius 3 is 2.94 bits per heavy atom. The van der Waals surface area contributed by atoms with Crippen LogP contribution >= 0.6 is 11.6 Å². The number of rotatable bonds is 2. The fourth-order valence-corrected chi connectivity index (χ4v) is 2.24. The second-order valence-corrected chi connectivity index (χ2v) is 4.46. The van der Waals surface area contributed by atoms with Gasteiger partial charge in [0.05, 0.1) is 5.52 Å². The zero-order valence-corrected chi connectivity index (χ0v) is 10.7. The van der Waals surface area contributed by atoms with Crippen LogP contribution in [-0.4, -0.2) is 14.8 Å². The highest BCUT2D eigenvalue weighted by atomic mass is 35.5. The molecule has 0 fully saturated rings. The van der Waals surface area contributed by atoms with E-state index in [0.717, 1.165) is 28.6 Å². The second kappa shape index (κ2) is 4.42. The Hall–Kier alpha value is -1.87. The van der Waals surface area contributed by atoms with Crippen molar-refractivity contribution in [3.05, 3.63) is 47.9 Å². The average molecular weight is 258 g/mol. The second-order valence-electron chi connectivity index (χ2n) is 4.10. The lowest BCUT2D eigenvalue weighted by Crippen LogP contribution is -1.92. The van der Waals surface area contributed by atoms with Gasteiger partial charge in [0.1, 0.15) is 5.15 Å². The predicted octanol–water partition coefficient (Wildman–Crippen LogP) is 3.77. The highest BCUT2D eigenvalue weighted by Gasteiger charge is 2.06. The van der Waals surface area contributed by atoms with Crippen LogP contribution in [0.25, 0.3) is 22.0 Å². The summed E-state index contributed by atoms with van der Waals surface area (Å²) in [5.74, 6) is 0. The van der Waals surface area contributed by atoms with Gasteiger partial charge >= 0.3 is 0 Å². The Kier molecular flexibility index (Phi) is 2.76. The maximum atomic E-state index is 6.11. The Morgan fingerprint density at radius 2 is 2.17 bits per heavy atom. The van der Waals surface area contributed by atoms with E-state index >= 15 is 0 Å². The van der Waals surface area contributed by atoms with Crippen LogP contribution in [0.4, 0.5) is 0 Å². The van der Waals surface area contributed by atoms with Gasteiger partial charge in [-0.1, -0.05) is 17.7 Å². The highest BCUT2D eigenvalue weighted by Crippen LogP contribution is 2.28. The van der Waals surface area contributed by atoms with Crippen molar-refractivity contribution < 1.29 is 0 Å². The first-order valence-electron chi connectivity index (χ1n) is 5.86. The van der Waals surface area contributed by atoms with Gasteiger partial charge in [-0.05, 0) is 36.8 Å². The first-order chi connectivity index (χ1) is 8.78. The molecule has 1 aromatic carbocycles. The normalized spacial score (nSPS) is 11.0. The van der Waals surface area contributed by atoms with Crippen LogP contribution in [0.2, 0.25) is 5.15 Å². The van der Waals surface area contributed by atoms with Crippen molar-refractivity contribution in [3.63, 3.8) is 0 Å². The van der Waals surface area contributed by atoms with Gasteiger partial charge in [0.25, 0.3) is 0 Å². The molecule has 0 bridgehead atoms. The number of hydrogen-bond acceptors (Lipinski definition) is 2. The van der Waals surface area contributed by atoms with Crippen LogP contribution < -0.4 is 0 Å². The van der Waals surface area contributed by atoms with E-state index in [0.29, 0.717) is 5.15 Å². The van der Waals surface area contributed by atoms with Crippen LogP contribution in [-0.2, 0) is 6.54 Å². The van der Waals surface area contributed by atoms with E-state index in [4.69, 9.17) is 11.6 Å². The molecule has 0 aliphatic rings. The first-order valence-corrected chi connectivity index (χ1v) is 6.24. The minimum Gasteiger partial charge on any atom is -0.272 e. The van der Waals surface area contributed by atoms with Crippen molar-refractivity contribution >= 4 is 22.5 Å². The number of hydrogen-bond donors (Lipinski definition) is 0. The van der Waals surface area contributed by atoms with E-state index in [1.54, 1.807) is 6.20 Å². The standard InChI is InChI=1S/C14H12ClN3/c1-2-18-9-11-8-10(5-6-13(11)17-18)12-4-3-7-16-14(12)15/h3-9H,2H2,1H3. The third-order valence-electron chi connectivity index (χ3n) is 2.95. The number of benzene rings is 1. The molecule has 3 rings (SSSR count). The van der Waals surface area contributed by atoms with Gasteiger partial charge in [0.2, 0.25) is 0 Å². The molecular weight excluding hydrogens is 246 g/mol. The molecule has 0 aliphatic heterocycles. The molecule has 2 heterocycles. The van der Waals surface area contributed by atoms with Gasteiger partial charge in [0.15, 0.2) is 0 Å². The molecular formula is C14H12ClN3. The molecule has 18 heavy (non-hydrogen) atoms. The molecule has 2 aromatic heterocycles. The maximum Gasteiger partial charge on any atom is 0.136 e. The molecule has 3 aromatic rings. The number of halogens is 1. The third kappa shape index (κ3) is 1.87. The zero-order valence-electron chi connectivity index (χ0n) is 9.97. The highest BCUT2D eigenvalue weighted by molar-refractivity contribution is 6.32. The van der Waals surface area contributed by atoms with Crippen molar-refractivity contribution in [1.82, 2.24) is 14.8 Å². The minimum atomic E-state index is 0.528. The van der Waals surface area contributed by atoms with Crippen LogP contribution in [0.15, 0.2) is 42.7 Å². The van der Waals surface area contributed by atoms with Crippen molar-refractivity contribution in [3.8, 4) is 11.1 Å². The van der Waals surface area contributed by atoms with E-state index < -0.39 is 0 Å². The molecule has 0 N–H and O–H groups in total. The Bertz CT molecular complexity index is 703. The van der Waals surface area contributed by atoms with Gasteiger partial charge in [0, 0.05) is 29.9 Å². The smallest absolute Gasteiger partial charge is 0.136 e. The fraction of sp³-hybridized carbons (Fsp3) is 0.143. The van der Waals surface area contributed by atoms with Crippen LogP contribution in [0.1, 0.15) is 6.92 Å². The minimum absolute atomic E-state index is 0.528. The maximum absolute atomic E-state index is 6.11. The summed E-state index contributed by atoms with van der Waals surface area (Å²) in [6, 6.07) is 10.00. The lowest BCUT2D eigenvalue weighted by atomic mass is 10.1. The molecule has 4 heteroatoms. The molecule has 0 radical (unpaired) electrons. The van der Waals surface area contributed by atoms with E-state index in [2.05, 4.69) is 23.1 Å². The Labute approximate surface area is 110 Å². The summed E-state index contributed by atoms with van der Waals surface area (Å²) in [6.07, 6.45) is 3.74. The van der Waals surface area contributed by atoms with E-state index in [-0.39, 0.29) is 0 Å².